The first-order valence-electron chi connectivity index (χ1n) is 6.35. The van der Waals surface area contributed by atoms with Gasteiger partial charge in [0.2, 0.25) is 10.0 Å². The molecule has 1 N–H and O–H groups in total. The maximum absolute atomic E-state index is 12.2. The van der Waals surface area contributed by atoms with Gasteiger partial charge in [-0.05, 0) is 35.9 Å². The molecule has 0 saturated heterocycles. The quantitative estimate of drug-likeness (QED) is 0.850. The molecule has 2 rings (SSSR count). The van der Waals surface area contributed by atoms with E-state index in [1.165, 1.54) is 31.4 Å². The van der Waals surface area contributed by atoms with Crippen molar-refractivity contribution in [3.8, 4) is 0 Å². The lowest BCUT2D eigenvalue weighted by atomic mass is 10.2. The molecule has 7 heteroatoms. The van der Waals surface area contributed by atoms with E-state index in [9.17, 15) is 13.2 Å². The summed E-state index contributed by atoms with van der Waals surface area (Å²) in [5.41, 5.74) is 0.964. The Morgan fingerprint density at radius 3 is 2.36 bits per heavy atom. The molecule has 0 aliphatic rings. The van der Waals surface area contributed by atoms with E-state index in [0.717, 1.165) is 0 Å². The van der Waals surface area contributed by atoms with Crippen LogP contribution in [0.4, 0.5) is 0 Å². The van der Waals surface area contributed by atoms with Gasteiger partial charge < -0.3 is 4.74 Å². The van der Waals surface area contributed by atoms with Crippen molar-refractivity contribution in [3.63, 3.8) is 0 Å². The van der Waals surface area contributed by atoms with Gasteiger partial charge in [-0.15, -0.1) is 0 Å². The number of rotatable bonds is 5. The molecule has 5 nitrogen and oxygen atoms in total. The molecule has 0 saturated carbocycles. The number of ether oxygens (including phenoxy) is 1. The summed E-state index contributed by atoms with van der Waals surface area (Å²) in [6.45, 7) is 0.0841. The van der Waals surface area contributed by atoms with E-state index in [-0.39, 0.29) is 17.0 Å². The van der Waals surface area contributed by atoms with E-state index in [1.807, 2.05) is 0 Å². The van der Waals surface area contributed by atoms with Gasteiger partial charge in [0, 0.05) is 11.6 Å². The second kappa shape index (κ2) is 6.91. The Labute approximate surface area is 133 Å². The first-order valence-corrected chi connectivity index (χ1v) is 8.21. The topological polar surface area (TPSA) is 72.5 Å². The number of benzene rings is 2. The Kier molecular flexibility index (Phi) is 5.18. The van der Waals surface area contributed by atoms with Crippen molar-refractivity contribution < 1.29 is 17.9 Å². The van der Waals surface area contributed by atoms with Crippen LogP contribution in [0.1, 0.15) is 15.9 Å². The lowest BCUT2D eigenvalue weighted by molar-refractivity contribution is 0.0600. The summed E-state index contributed by atoms with van der Waals surface area (Å²) >= 11 is 5.98. The first-order chi connectivity index (χ1) is 10.4. The zero-order valence-corrected chi connectivity index (χ0v) is 13.3. The third-order valence-electron chi connectivity index (χ3n) is 3.00. The maximum Gasteiger partial charge on any atom is 0.337 e. The maximum atomic E-state index is 12.2. The predicted octanol–water partition coefficient (Wildman–Crippen LogP) is 2.61. The minimum atomic E-state index is -3.69. The Bertz CT molecular complexity index is 772. The number of carbonyl (C=O) groups excluding carboxylic acids is 1. The van der Waals surface area contributed by atoms with Gasteiger partial charge in [0.15, 0.2) is 0 Å². The molecule has 0 aromatic heterocycles. The summed E-state index contributed by atoms with van der Waals surface area (Å²) in [4.78, 5) is 11.4. The fourth-order valence-corrected chi connectivity index (χ4v) is 3.00. The molecule has 2 aromatic carbocycles. The van der Waals surface area contributed by atoms with Crippen molar-refractivity contribution in [2.75, 3.05) is 7.11 Å². The smallest absolute Gasteiger partial charge is 0.337 e. The average Bonchev–Trinajstić information content (AvgIpc) is 2.53. The van der Waals surface area contributed by atoms with Crippen molar-refractivity contribution in [2.45, 2.75) is 11.4 Å². The Morgan fingerprint density at radius 1 is 1.14 bits per heavy atom. The van der Waals surface area contributed by atoms with Gasteiger partial charge in [-0.25, -0.2) is 17.9 Å². The number of sulfonamides is 1. The van der Waals surface area contributed by atoms with Gasteiger partial charge in [0.25, 0.3) is 0 Å². The standard InChI is InChI=1S/C15H14ClNO4S/c1-21-15(18)11-6-8-13(9-7-11)22(19,20)17-10-12-4-2-3-5-14(12)16/h2-9,17H,10H2,1H3. The van der Waals surface area contributed by atoms with Crippen LogP contribution in [-0.2, 0) is 21.3 Å². The van der Waals surface area contributed by atoms with Crippen LogP contribution in [0, 0.1) is 0 Å². The molecular formula is C15H14ClNO4S. The fourth-order valence-electron chi connectivity index (χ4n) is 1.79. The highest BCUT2D eigenvalue weighted by Crippen LogP contribution is 2.16. The molecule has 0 amide bonds. The van der Waals surface area contributed by atoms with Crippen LogP contribution in [0.3, 0.4) is 0 Å². The van der Waals surface area contributed by atoms with Crippen LogP contribution in [-0.4, -0.2) is 21.5 Å². The van der Waals surface area contributed by atoms with E-state index < -0.39 is 16.0 Å². The van der Waals surface area contributed by atoms with Crippen LogP contribution in [0.15, 0.2) is 53.4 Å². The van der Waals surface area contributed by atoms with Gasteiger partial charge in [-0.3, -0.25) is 0 Å². The molecule has 0 atom stereocenters. The van der Waals surface area contributed by atoms with Crippen LogP contribution in [0.25, 0.3) is 0 Å². The summed E-state index contributed by atoms with van der Waals surface area (Å²) in [5, 5.41) is 0.492. The Morgan fingerprint density at radius 2 is 1.77 bits per heavy atom. The van der Waals surface area contributed by atoms with E-state index in [4.69, 9.17) is 11.6 Å². The van der Waals surface area contributed by atoms with Crippen LogP contribution in [0.2, 0.25) is 5.02 Å². The van der Waals surface area contributed by atoms with Crippen molar-refractivity contribution in [3.05, 3.63) is 64.7 Å². The minimum Gasteiger partial charge on any atom is -0.465 e. The Hall–Kier alpha value is -1.89. The predicted molar refractivity (Wildman–Crippen MR) is 83.3 cm³/mol. The number of methoxy groups -OCH3 is 1. The number of halogens is 1. The van der Waals surface area contributed by atoms with Gasteiger partial charge >= 0.3 is 5.97 Å². The van der Waals surface area contributed by atoms with Gasteiger partial charge in [0.1, 0.15) is 0 Å². The molecule has 0 radical (unpaired) electrons. The molecule has 22 heavy (non-hydrogen) atoms. The number of nitrogens with one attached hydrogen (secondary N) is 1. The number of esters is 1. The average molecular weight is 340 g/mol. The number of hydrogen-bond donors (Lipinski definition) is 1. The van der Waals surface area contributed by atoms with E-state index >= 15 is 0 Å². The second-order valence-corrected chi connectivity index (χ2v) is 6.61. The minimum absolute atomic E-state index is 0.0622. The summed E-state index contributed by atoms with van der Waals surface area (Å²) in [5.74, 6) is -0.520. The zero-order valence-electron chi connectivity index (χ0n) is 11.7. The zero-order chi connectivity index (χ0) is 16.2. The third kappa shape index (κ3) is 3.85. The molecule has 0 bridgehead atoms. The van der Waals surface area contributed by atoms with Gasteiger partial charge in [-0.2, -0.15) is 0 Å². The van der Waals surface area contributed by atoms with Crippen molar-refractivity contribution in [1.82, 2.24) is 4.72 Å². The van der Waals surface area contributed by atoms with E-state index in [0.29, 0.717) is 10.6 Å². The van der Waals surface area contributed by atoms with Gasteiger partial charge in [0.05, 0.1) is 17.6 Å². The molecule has 0 spiro atoms. The molecule has 0 aliphatic heterocycles. The number of hydrogen-bond acceptors (Lipinski definition) is 4. The normalized spacial score (nSPS) is 11.2. The lowest BCUT2D eigenvalue weighted by Crippen LogP contribution is -2.23. The molecule has 0 heterocycles. The summed E-state index contributed by atoms with van der Waals surface area (Å²) in [7, 11) is -2.42. The van der Waals surface area contributed by atoms with Crippen molar-refractivity contribution >= 4 is 27.6 Å². The summed E-state index contributed by atoms with van der Waals surface area (Å²) in [6, 6.07) is 12.5. The molecular weight excluding hydrogens is 326 g/mol. The second-order valence-electron chi connectivity index (χ2n) is 4.43. The van der Waals surface area contributed by atoms with Crippen LogP contribution >= 0.6 is 11.6 Å². The molecule has 0 fully saturated rings. The highest BCUT2D eigenvalue weighted by Gasteiger charge is 2.15. The largest absolute Gasteiger partial charge is 0.465 e. The van der Waals surface area contributed by atoms with Gasteiger partial charge in [-0.1, -0.05) is 29.8 Å². The van der Waals surface area contributed by atoms with E-state index in [1.54, 1.807) is 24.3 Å². The van der Waals surface area contributed by atoms with Crippen molar-refractivity contribution in [2.24, 2.45) is 0 Å². The highest BCUT2D eigenvalue weighted by molar-refractivity contribution is 7.89. The molecule has 2 aromatic rings. The van der Waals surface area contributed by atoms with Crippen LogP contribution in [0.5, 0.6) is 0 Å². The third-order valence-corrected chi connectivity index (χ3v) is 4.78. The van der Waals surface area contributed by atoms with E-state index in [2.05, 4.69) is 9.46 Å². The first kappa shape index (κ1) is 16.5. The fraction of sp³-hybridized carbons (Fsp3) is 0.133. The highest BCUT2D eigenvalue weighted by atomic mass is 35.5. The van der Waals surface area contributed by atoms with Crippen LogP contribution < -0.4 is 4.72 Å². The molecule has 0 unspecified atom stereocenters. The summed E-state index contributed by atoms with van der Waals surface area (Å²) < 4.78 is 31.4. The Balaban J connectivity index is 2.13. The van der Waals surface area contributed by atoms with Crippen molar-refractivity contribution in [1.29, 1.82) is 0 Å². The molecule has 0 aliphatic carbocycles. The number of carbonyl (C=O) groups is 1. The lowest BCUT2D eigenvalue weighted by Gasteiger charge is -2.08. The SMILES string of the molecule is COC(=O)c1ccc(S(=O)(=O)NCc2ccccc2Cl)cc1. The monoisotopic (exact) mass is 339 g/mol. The molecule has 116 valence electrons. The summed E-state index contributed by atoms with van der Waals surface area (Å²) in [6.07, 6.45) is 0.